The summed E-state index contributed by atoms with van der Waals surface area (Å²) < 4.78 is 32.9. The summed E-state index contributed by atoms with van der Waals surface area (Å²) in [5.74, 6) is 0.556. The van der Waals surface area contributed by atoms with E-state index in [1.807, 2.05) is 0 Å². The number of hydrogen-bond donors (Lipinski definition) is 2. The third-order valence-electron chi connectivity index (χ3n) is 2.55. The molecule has 0 aliphatic heterocycles. The molecule has 2 rings (SSSR count). The van der Waals surface area contributed by atoms with Gasteiger partial charge in [0.05, 0.1) is 24.7 Å². The number of nitrogen functional groups attached to an aromatic ring is 1. The lowest BCUT2D eigenvalue weighted by atomic mass is 10.2. The number of nitrogens with one attached hydrogen (secondary N) is 1. The first-order chi connectivity index (χ1) is 8.94. The van der Waals surface area contributed by atoms with Crippen LogP contribution in [0.3, 0.4) is 0 Å². The minimum absolute atomic E-state index is 0.0581. The molecule has 7 nitrogen and oxygen atoms in total. The molecule has 2 aromatic rings. The first kappa shape index (κ1) is 13.2. The zero-order valence-corrected chi connectivity index (χ0v) is 11.3. The van der Waals surface area contributed by atoms with E-state index in [1.54, 1.807) is 25.2 Å². The van der Waals surface area contributed by atoms with Crippen LogP contribution in [0.25, 0.3) is 0 Å². The van der Waals surface area contributed by atoms with Crippen LogP contribution in [-0.2, 0) is 17.1 Å². The highest BCUT2D eigenvalue weighted by Gasteiger charge is 2.19. The van der Waals surface area contributed by atoms with Crippen molar-refractivity contribution in [1.29, 1.82) is 0 Å². The van der Waals surface area contributed by atoms with E-state index in [9.17, 15) is 8.42 Å². The van der Waals surface area contributed by atoms with Gasteiger partial charge in [-0.15, -0.1) is 0 Å². The summed E-state index contributed by atoms with van der Waals surface area (Å²) in [6.45, 7) is 0. The number of ether oxygens (including phenoxy) is 1. The van der Waals surface area contributed by atoms with Gasteiger partial charge in [-0.25, -0.2) is 0 Å². The molecule has 1 aromatic carbocycles. The Kier molecular flexibility index (Phi) is 3.34. The monoisotopic (exact) mass is 282 g/mol. The van der Waals surface area contributed by atoms with Crippen LogP contribution >= 0.6 is 0 Å². The average Bonchev–Trinajstić information content (AvgIpc) is 2.79. The topological polar surface area (TPSA) is 99.2 Å². The summed E-state index contributed by atoms with van der Waals surface area (Å²) in [6, 6.07) is 6.11. The molecule has 0 unspecified atom stereocenters. The molecule has 0 amide bonds. The second-order valence-electron chi connectivity index (χ2n) is 3.85. The molecule has 1 aromatic heterocycles. The third kappa shape index (κ3) is 2.63. The summed E-state index contributed by atoms with van der Waals surface area (Å²) in [4.78, 5) is 0. The van der Waals surface area contributed by atoms with Gasteiger partial charge in [-0.3, -0.25) is 9.40 Å². The Morgan fingerprint density at radius 3 is 2.63 bits per heavy atom. The van der Waals surface area contributed by atoms with Gasteiger partial charge in [-0.2, -0.15) is 13.5 Å². The normalized spacial score (nSPS) is 11.3. The molecule has 1 heterocycles. The van der Waals surface area contributed by atoms with E-state index in [4.69, 9.17) is 10.5 Å². The van der Waals surface area contributed by atoms with Gasteiger partial charge in [-0.05, 0) is 18.2 Å². The molecule has 0 atom stereocenters. The quantitative estimate of drug-likeness (QED) is 0.808. The molecule has 0 radical (unpaired) electrons. The number of benzene rings is 1. The van der Waals surface area contributed by atoms with Crippen molar-refractivity contribution in [2.45, 2.75) is 5.03 Å². The fourth-order valence-corrected chi connectivity index (χ4v) is 2.80. The number of nitrogens with zero attached hydrogens (tertiary/aromatic N) is 2. The van der Waals surface area contributed by atoms with E-state index >= 15 is 0 Å². The Morgan fingerprint density at radius 2 is 2.11 bits per heavy atom. The van der Waals surface area contributed by atoms with Crippen LogP contribution in [-0.4, -0.2) is 25.3 Å². The van der Waals surface area contributed by atoms with Gasteiger partial charge < -0.3 is 10.5 Å². The van der Waals surface area contributed by atoms with Crippen molar-refractivity contribution in [2.75, 3.05) is 17.6 Å². The maximum atomic E-state index is 12.1. The van der Waals surface area contributed by atoms with Crippen LogP contribution in [0.2, 0.25) is 0 Å². The molecule has 0 saturated carbocycles. The van der Waals surface area contributed by atoms with Crippen LogP contribution in [0.15, 0.2) is 35.5 Å². The van der Waals surface area contributed by atoms with Crippen molar-refractivity contribution >= 4 is 21.4 Å². The number of anilines is 2. The summed E-state index contributed by atoms with van der Waals surface area (Å²) in [5.41, 5.74) is 6.34. The molecule has 0 aliphatic carbocycles. The number of nitrogens with two attached hydrogens (primary N) is 1. The van der Waals surface area contributed by atoms with Crippen molar-refractivity contribution in [3.63, 3.8) is 0 Å². The predicted molar refractivity (Wildman–Crippen MR) is 71.4 cm³/mol. The lowest BCUT2D eigenvalue weighted by molar-refractivity contribution is 0.415. The van der Waals surface area contributed by atoms with Crippen molar-refractivity contribution in [1.82, 2.24) is 9.78 Å². The molecule has 0 bridgehead atoms. The van der Waals surface area contributed by atoms with Crippen LogP contribution in [0.4, 0.5) is 11.4 Å². The fourth-order valence-electron chi connectivity index (χ4n) is 1.58. The van der Waals surface area contributed by atoms with Crippen molar-refractivity contribution in [3.8, 4) is 5.75 Å². The minimum atomic E-state index is -3.71. The second kappa shape index (κ2) is 4.81. The van der Waals surface area contributed by atoms with E-state index < -0.39 is 10.0 Å². The first-order valence-corrected chi connectivity index (χ1v) is 6.86. The lowest BCUT2D eigenvalue weighted by Gasteiger charge is -2.11. The van der Waals surface area contributed by atoms with Gasteiger partial charge in [0, 0.05) is 13.1 Å². The summed E-state index contributed by atoms with van der Waals surface area (Å²) in [7, 11) is -0.657. The molecule has 0 aliphatic rings. The second-order valence-corrected chi connectivity index (χ2v) is 5.48. The number of hydrogen-bond acceptors (Lipinski definition) is 5. The van der Waals surface area contributed by atoms with Crippen molar-refractivity contribution < 1.29 is 13.2 Å². The van der Waals surface area contributed by atoms with Gasteiger partial charge >= 0.3 is 0 Å². The van der Waals surface area contributed by atoms with Gasteiger partial charge in [-0.1, -0.05) is 0 Å². The van der Waals surface area contributed by atoms with Crippen molar-refractivity contribution in [3.05, 3.63) is 30.5 Å². The Hall–Kier alpha value is -2.22. The zero-order valence-electron chi connectivity index (χ0n) is 10.5. The van der Waals surface area contributed by atoms with E-state index in [2.05, 4.69) is 9.82 Å². The highest BCUT2D eigenvalue weighted by Crippen LogP contribution is 2.26. The average molecular weight is 282 g/mol. The van der Waals surface area contributed by atoms with E-state index in [-0.39, 0.29) is 10.7 Å². The fraction of sp³-hybridized carbons (Fsp3) is 0.182. The first-order valence-electron chi connectivity index (χ1n) is 5.38. The van der Waals surface area contributed by atoms with Gasteiger partial charge in [0.15, 0.2) is 5.03 Å². The number of rotatable bonds is 4. The van der Waals surface area contributed by atoms with E-state index in [1.165, 1.54) is 24.1 Å². The van der Waals surface area contributed by atoms with Gasteiger partial charge in [0.2, 0.25) is 0 Å². The molecular formula is C11H14N4O3S. The maximum absolute atomic E-state index is 12.1. The van der Waals surface area contributed by atoms with E-state index in [0.717, 1.165) is 0 Å². The van der Waals surface area contributed by atoms with Gasteiger partial charge in [0.1, 0.15) is 5.75 Å². The Balaban J connectivity index is 2.34. The standard InChI is InChI=1S/C11H14N4O3S/c1-15-11(5-6-13-15)19(16,17)14-10-4-3-8(18-2)7-9(10)12/h3-7,14H,12H2,1-2H3. The number of methoxy groups -OCH3 is 1. The molecule has 19 heavy (non-hydrogen) atoms. The molecule has 8 heteroatoms. The highest BCUT2D eigenvalue weighted by atomic mass is 32.2. The molecule has 0 saturated heterocycles. The predicted octanol–water partition coefficient (Wildman–Crippen LogP) is 0.812. The van der Waals surface area contributed by atoms with Gasteiger partial charge in [0.25, 0.3) is 10.0 Å². The molecule has 0 fully saturated rings. The molecule has 3 N–H and O–H groups in total. The maximum Gasteiger partial charge on any atom is 0.279 e. The molecular weight excluding hydrogens is 268 g/mol. The lowest BCUT2D eigenvalue weighted by Crippen LogP contribution is -2.17. The van der Waals surface area contributed by atoms with Crippen LogP contribution in [0.5, 0.6) is 5.75 Å². The highest BCUT2D eigenvalue weighted by molar-refractivity contribution is 7.92. The summed E-state index contributed by atoms with van der Waals surface area (Å²) in [6.07, 6.45) is 1.41. The third-order valence-corrected chi connectivity index (χ3v) is 3.99. The van der Waals surface area contributed by atoms with Crippen molar-refractivity contribution in [2.24, 2.45) is 7.05 Å². The largest absolute Gasteiger partial charge is 0.497 e. The number of aryl methyl sites for hydroxylation is 1. The number of aromatic nitrogens is 2. The Morgan fingerprint density at radius 1 is 1.37 bits per heavy atom. The smallest absolute Gasteiger partial charge is 0.279 e. The summed E-state index contributed by atoms with van der Waals surface area (Å²) >= 11 is 0. The van der Waals surface area contributed by atoms with Crippen LogP contribution in [0, 0.1) is 0 Å². The minimum Gasteiger partial charge on any atom is -0.497 e. The Bertz CT molecular complexity index is 694. The molecule has 0 spiro atoms. The number of sulfonamides is 1. The SMILES string of the molecule is COc1ccc(NS(=O)(=O)c2ccnn2C)c(N)c1. The van der Waals surface area contributed by atoms with E-state index in [0.29, 0.717) is 11.4 Å². The zero-order chi connectivity index (χ0) is 14.0. The molecule has 102 valence electrons. The summed E-state index contributed by atoms with van der Waals surface area (Å²) in [5, 5.41) is 3.88. The van der Waals surface area contributed by atoms with Crippen LogP contribution in [0.1, 0.15) is 0 Å². The Labute approximate surface area is 111 Å². The van der Waals surface area contributed by atoms with Crippen LogP contribution < -0.4 is 15.2 Å².